The van der Waals surface area contributed by atoms with Gasteiger partial charge in [0, 0.05) is 62.0 Å². The van der Waals surface area contributed by atoms with Crippen LogP contribution in [0.2, 0.25) is 0 Å². The molecule has 53 heavy (non-hydrogen) atoms. The van der Waals surface area contributed by atoms with E-state index < -0.39 is 0 Å². The van der Waals surface area contributed by atoms with Gasteiger partial charge in [-0.15, -0.1) is 0 Å². The molecule has 0 fully saturated rings. The number of pyridine rings is 2. The Balaban J connectivity index is 1.14. The van der Waals surface area contributed by atoms with Crippen molar-refractivity contribution in [2.24, 2.45) is 0 Å². The standard InChI is InChI=1S/C47H36N6/c1-4-7-36-41-28-35(20-23-42(41)51(45(36)48)33-16-10-29(2)11-17-33)53-44-22-15-32(27-40(44)38-9-6-25-50-47(38)53)31-14-21-43-39(26-31)37-8-5-24-49-46(37)52(43)34-18-12-30(3)13-19-34/h4-28H,48H2,1-3H3/b7-4-. The number of aryl methyl sites for hydroxylation is 2. The van der Waals surface area contributed by atoms with Crippen molar-refractivity contribution in [3.8, 4) is 28.2 Å². The maximum absolute atomic E-state index is 6.88. The van der Waals surface area contributed by atoms with Crippen molar-refractivity contribution in [2.45, 2.75) is 20.8 Å². The normalized spacial score (nSPS) is 12.1. The number of nitrogens with two attached hydrogens (primary N) is 1. The van der Waals surface area contributed by atoms with Crippen molar-refractivity contribution in [3.63, 3.8) is 0 Å². The lowest BCUT2D eigenvalue weighted by Gasteiger charge is -2.11. The third-order valence-corrected chi connectivity index (χ3v) is 10.6. The molecule has 10 aromatic rings. The molecule has 0 aliphatic rings. The highest BCUT2D eigenvalue weighted by molar-refractivity contribution is 6.11. The summed E-state index contributed by atoms with van der Waals surface area (Å²) in [6.45, 7) is 6.25. The largest absolute Gasteiger partial charge is 0.384 e. The number of fused-ring (bicyclic) bond motifs is 7. The summed E-state index contributed by atoms with van der Waals surface area (Å²) in [6.07, 6.45) is 7.90. The van der Waals surface area contributed by atoms with E-state index in [-0.39, 0.29) is 0 Å². The molecule has 254 valence electrons. The van der Waals surface area contributed by atoms with Gasteiger partial charge in [-0.25, -0.2) is 9.97 Å². The van der Waals surface area contributed by atoms with Crippen molar-refractivity contribution in [2.75, 3.05) is 5.73 Å². The van der Waals surface area contributed by atoms with Crippen molar-refractivity contribution >= 4 is 66.7 Å². The molecule has 0 atom stereocenters. The Bertz CT molecular complexity index is 3080. The fourth-order valence-electron chi connectivity index (χ4n) is 8.04. The first-order chi connectivity index (χ1) is 26.0. The number of benzene rings is 5. The Morgan fingerprint density at radius 1 is 0.491 bits per heavy atom. The van der Waals surface area contributed by atoms with Gasteiger partial charge in [0.15, 0.2) is 0 Å². The molecule has 0 spiro atoms. The Kier molecular flexibility index (Phi) is 6.88. The molecule has 0 aliphatic heterocycles. The molecule has 6 heteroatoms. The number of anilines is 1. The zero-order chi connectivity index (χ0) is 35.8. The SMILES string of the molecule is C/C=C\c1c(N)n(-c2ccc(C)cc2)c2ccc(-n3c4ccc(-c5ccc6c(c5)c5cccnc5n6-c5ccc(C)cc5)cc4c4cccnc43)cc12. The summed E-state index contributed by atoms with van der Waals surface area (Å²) < 4.78 is 6.68. The summed E-state index contributed by atoms with van der Waals surface area (Å²) in [7, 11) is 0. The van der Waals surface area contributed by atoms with Gasteiger partial charge in [-0.1, -0.05) is 59.7 Å². The van der Waals surface area contributed by atoms with E-state index in [1.807, 2.05) is 31.5 Å². The monoisotopic (exact) mass is 684 g/mol. The van der Waals surface area contributed by atoms with Crippen molar-refractivity contribution < 1.29 is 0 Å². The smallest absolute Gasteiger partial charge is 0.145 e. The first-order valence-corrected chi connectivity index (χ1v) is 18.0. The van der Waals surface area contributed by atoms with E-state index in [9.17, 15) is 0 Å². The second-order valence-electron chi connectivity index (χ2n) is 13.9. The van der Waals surface area contributed by atoms with Gasteiger partial charge in [0.25, 0.3) is 0 Å². The number of nitrogens with zero attached hydrogens (tertiary/aromatic N) is 5. The molecular weight excluding hydrogens is 649 g/mol. The van der Waals surface area contributed by atoms with Crippen LogP contribution in [0.1, 0.15) is 23.6 Å². The molecular formula is C47H36N6. The first kappa shape index (κ1) is 30.9. The average Bonchev–Trinajstić information content (AvgIpc) is 3.80. The summed E-state index contributed by atoms with van der Waals surface area (Å²) in [5.41, 5.74) is 21.0. The number of rotatable bonds is 5. The van der Waals surface area contributed by atoms with Crippen LogP contribution in [-0.4, -0.2) is 23.7 Å². The maximum Gasteiger partial charge on any atom is 0.145 e. The molecule has 0 unspecified atom stereocenters. The highest BCUT2D eigenvalue weighted by atomic mass is 15.1. The van der Waals surface area contributed by atoms with Gasteiger partial charge in [-0.3, -0.25) is 13.7 Å². The van der Waals surface area contributed by atoms with E-state index in [4.69, 9.17) is 15.7 Å². The minimum atomic E-state index is 0.721. The van der Waals surface area contributed by atoms with Crippen LogP contribution in [0.3, 0.4) is 0 Å². The highest BCUT2D eigenvalue weighted by Crippen LogP contribution is 2.39. The zero-order valence-electron chi connectivity index (χ0n) is 29.7. The van der Waals surface area contributed by atoms with Gasteiger partial charge in [0.05, 0.1) is 16.6 Å². The number of hydrogen-bond donors (Lipinski definition) is 1. The Labute approximate surface area is 306 Å². The number of allylic oxidation sites excluding steroid dienone is 1. The fourth-order valence-corrected chi connectivity index (χ4v) is 8.04. The molecule has 5 aromatic heterocycles. The molecule has 5 aromatic carbocycles. The highest BCUT2D eigenvalue weighted by Gasteiger charge is 2.20. The van der Waals surface area contributed by atoms with Crippen LogP contribution in [0.25, 0.3) is 89.0 Å². The molecule has 0 bridgehead atoms. The van der Waals surface area contributed by atoms with Gasteiger partial charge in [0.2, 0.25) is 0 Å². The van der Waals surface area contributed by atoms with E-state index in [1.54, 1.807) is 0 Å². The summed E-state index contributed by atoms with van der Waals surface area (Å²) in [5.74, 6) is 0.721. The van der Waals surface area contributed by atoms with E-state index in [2.05, 4.69) is 155 Å². The molecule has 0 saturated carbocycles. The zero-order valence-corrected chi connectivity index (χ0v) is 29.7. The van der Waals surface area contributed by atoms with Gasteiger partial charge in [0.1, 0.15) is 17.1 Å². The molecule has 0 aliphatic carbocycles. The van der Waals surface area contributed by atoms with Crippen LogP contribution < -0.4 is 5.73 Å². The summed E-state index contributed by atoms with van der Waals surface area (Å²) >= 11 is 0. The number of aromatic nitrogens is 5. The van der Waals surface area contributed by atoms with Crippen molar-refractivity contribution in [1.29, 1.82) is 0 Å². The van der Waals surface area contributed by atoms with E-state index in [0.29, 0.717) is 0 Å². The quantitative estimate of drug-likeness (QED) is 0.196. The van der Waals surface area contributed by atoms with Crippen LogP contribution >= 0.6 is 0 Å². The average molecular weight is 685 g/mol. The van der Waals surface area contributed by atoms with Crippen LogP contribution in [0, 0.1) is 13.8 Å². The first-order valence-electron chi connectivity index (χ1n) is 18.0. The third kappa shape index (κ3) is 4.72. The van der Waals surface area contributed by atoms with Crippen molar-refractivity contribution in [1.82, 2.24) is 23.7 Å². The summed E-state index contributed by atoms with van der Waals surface area (Å²) in [5, 5.41) is 5.67. The molecule has 5 heterocycles. The Morgan fingerprint density at radius 2 is 0.962 bits per heavy atom. The van der Waals surface area contributed by atoms with E-state index in [1.165, 1.54) is 16.5 Å². The molecule has 0 saturated heterocycles. The van der Waals surface area contributed by atoms with Crippen LogP contribution in [0.4, 0.5) is 5.82 Å². The summed E-state index contributed by atoms with van der Waals surface area (Å²) in [6, 6.07) is 45.7. The molecule has 10 rings (SSSR count). The predicted octanol–water partition coefficient (Wildman–Crippen LogP) is 11.5. The van der Waals surface area contributed by atoms with Gasteiger partial charge in [-0.2, -0.15) is 0 Å². The number of hydrogen-bond acceptors (Lipinski definition) is 3. The maximum atomic E-state index is 6.88. The van der Waals surface area contributed by atoms with E-state index >= 15 is 0 Å². The van der Waals surface area contributed by atoms with E-state index in [0.717, 1.165) is 89.0 Å². The Morgan fingerprint density at radius 3 is 1.51 bits per heavy atom. The molecule has 6 nitrogen and oxygen atoms in total. The van der Waals surface area contributed by atoms with Gasteiger partial charge < -0.3 is 5.73 Å². The summed E-state index contributed by atoms with van der Waals surface area (Å²) in [4.78, 5) is 9.76. The Hall–Kier alpha value is -6.92. The lowest BCUT2D eigenvalue weighted by molar-refractivity contribution is 1.12. The lowest BCUT2D eigenvalue weighted by atomic mass is 10.0. The minimum absolute atomic E-state index is 0.721. The van der Waals surface area contributed by atoms with Gasteiger partial charge >= 0.3 is 0 Å². The predicted molar refractivity (Wildman–Crippen MR) is 222 cm³/mol. The fraction of sp³-hybridized carbons (Fsp3) is 0.0638. The van der Waals surface area contributed by atoms with Crippen LogP contribution in [-0.2, 0) is 0 Å². The minimum Gasteiger partial charge on any atom is -0.384 e. The van der Waals surface area contributed by atoms with Crippen molar-refractivity contribution in [3.05, 3.63) is 163 Å². The second-order valence-corrected chi connectivity index (χ2v) is 13.9. The van der Waals surface area contributed by atoms with Gasteiger partial charge in [-0.05, 0) is 123 Å². The second kappa shape index (κ2) is 11.8. The lowest BCUT2D eigenvalue weighted by Crippen LogP contribution is -2.00. The number of nitrogen functional groups attached to an aromatic ring is 1. The topological polar surface area (TPSA) is 66.6 Å². The molecule has 0 amide bonds. The van der Waals surface area contributed by atoms with Crippen LogP contribution in [0.15, 0.2) is 146 Å². The van der Waals surface area contributed by atoms with Crippen LogP contribution in [0.5, 0.6) is 0 Å². The molecule has 2 N–H and O–H groups in total. The molecule has 0 radical (unpaired) electrons. The third-order valence-electron chi connectivity index (χ3n) is 10.6.